The summed E-state index contributed by atoms with van der Waals surface area (Å²) in [6, 6.07) is 0.299. The van der Waals surface area contributed by atoms with E-state index in [1.165, 1.54) is 4.68 Å². The molecule has 152 valence electrons. The number of aryl methyl sites for hydroxylation is 1. The highest BCUT2D eigenvalue weighted by atomic mass is 16.5. The van der Waals surface area contributed by atoms with E-state index >= 15 is 0 Å². The zero-order valence-electron chi connectivity index (χ0n) is 16.7. The van der Waals surface area contributed by atoms with Gasteiger partial charge in [-0.1, -0.05) is 20.3 Å². The molecule has 0 radical (unpaired) electrons. The van der Waals surface area contributed by atoms with Gasteiger partial charge in [-0.15, -0.1) is 0 Å². The maximum absolute atomic E-state index is 12.5. The molecule has 3 heterocycles. The van der Waals surface area contributed by atoms with E-state index in [-0.39, 0.29) is 18.1 Å². The first-order chi connectivity index (χ1) is 13.0. The molecule has 0 saturated carbocycles. The highest BCUT2D eigenvalue weighted by molar-refractivity contribution is 5.75. The molecule has 1 aromatic heterocycles. The van der Waals surface area contributed by atoms with Crippen LogP contribution in [0.3, 0.4) is 0 Å². The van der Waals surface area contributed by atoms with Gasteiger partial charge in [0.2, 0.25) is 5.91 Å². The van der Waals surface area contributed by atoms with Gasteiger partial charge in [0.15, 0.2) is 0 Å². The summed E-state index contributed by atoms with van der Waals surface area (Å²) in [5, 5.41) is 7.42. The highest BCUT2D eigenvalue weighted by Gasteiger charge is 2.23. The topological polar surface area (TPSA) is 81.4 Å². The third-order valence-electron chi connectivity index (χ3n) is 5.42. The van der Waals surface area contributed by atoms with Crippen LogP contribution in [-0.2, 0) is 29.0 Å². The van der Waals surface area contributed by atoms with Crippen molar-refractivity contribution in [3.05, 3.63) is 16.3 Å². The van der Waals surface area contributed by atoms with Crippen molar-refractivity contribution >= 4 is 5.91 Å². The number of fused-ring (bicyclic) bond motifs is 1. The number of amides is 1. The highest BCUT2D eigenvalue weighted by Crippen LogP contribution is 2.13. The van der Waals surface area contributed by atoms with Crippen molar-refractivity contribution in [3.63, 3.8) is 0 Å². The van der Waals surface area contributed by atoms with Crippen LogP contribution in [0.25, 0.3) is 0 Å². The number of morpholine rings is 1. The maximum atomic E-state index is 12.5. The summed E-state index contributed by atoms with van der Waals surface area (Å²) < 4.78 is 8.50. The van der Waals surface area contributed by atoms with Gasteiger partial charge in [-0.3, -0.25) is 14.3 Å². The number of hydrogen-bond acceptors (Lipinski definition) is 5. The number of hydrogen-bond donors (Lipinski definition) is 1. The van der Waals surface area contributed by atoms with Crippen molar-refractivity contribution in [3.8, 4) is 0 Å². The first kappa shape index (κ1) is 20.1. The molecular formula is C19H33N5O3. The fourth-order valence-corrected chi connectivity index (χ4v) is 4.00. The summed E-state index contributed by atoms with van der Waals surface area (Å²) >= 11 is 0. The van der Waals surface area contributed by atoms with E-state index in [4.69, 9.17) is 4.74 Å². The van der Waals surface area contributed by atoms with Gasteiger partial charge in [0.05, 0.1) is 13.2 Å². The van der Waals surface area contributed by atoms with Gasteiger partial charge in [-0.05, 0) is 25.2 Å². The molecular weight excluding hydrogens is 346 g/mol. The SMILES string of the molecule is CC(C)CC(CNC(=O)Cn1nc2n(c1=O)CCCCC2)N1CCOCC1. The van der Waals surface area contributed by atoms with Crippen molar-refractivity contribution < 1.29 is 9.53 Å². The zero-order valence-corrected chi connectivity index (χ0v) is 16.7. The van der Waals surface area contributed by atoms with Crippen LogP contribution < -0.4 is 11.0 Å². The Labute approximate surface area is 160 Å². The van der Waals surface area contributed by atoms with Crippen LogP contribution in [-0.4, -0.2) is 64.0 Å². The van der Waals surface area contributed by atoms with Gasteiger partial charge in [-0.2, -0.15) is 5.10 Å². The summed E-state index contributed by atoms with van der Waals surface area (Å²) in [6.45, 7) is 9.01. The number of nitrogens with one attached hydrogen (secondary N) is 1. The Balaban J connectivity index is 1.57. The number of carbonyl (C=O) groups excluding carboxylic acids is 1. The molecule has 2 aliphatic heterocycles. The smallest absolute Gasteiger partial charge is 0.346 e. The third-order valence-corrected chi connectivity index (χ3v) is 5.42. The van der Waals surface area contributed by atoms with E-state index < -0.39 is 0 Å². The quantitative estimate of drug-likeness (QED) is 0.752. The van der Waals surface area contributed by atoms with Crippen molar-refractivity contribution in [2.45, 2.75) is 65.1 Å². The Morgan fingerprint density at radius 3 is 2.70 bits per heavy atom. The second-order valence-electron chi connectivity index (χ2n) is 8.05. The lowest BCUT2D eigenvalue weighted by Gasteiger charge is -2.35. The van der Waals surface area contributed by atoms with Gasteiger partial charge >= 0.3 is 5.69 Å². The number of carbonyl (C=O) groups is 1. The summed E-state index contributed by atoms with van der Waals surface area (Å²) in [7, 11) is 0. The van der Waals surface area contributed by atoms with Crippen LogP contribution >= 0.6 is 0 Å². The van der Waals surface area contributed by atoms with Crippen LogP contribution in [0.5, 0.6) is 0 Å². The number of ether oxygens (including phenoxy) is 1. The van der Waals surface area contributed by atoms with Crippen LogP contribution in [0.4, 0.5) is 0 Å². The molecule has 1 aromatic rings. The number of rotatable bonds is 7. The molecule has 3 rings (SSSR count). The summed E-state index contributed by atoms with van der Waals surface area (Å²) in [4.78, 5) is 27.3. The zero-order chi connectivity index (χ0) is 19.2. The van der Waals surface area contributed by atoms with E-state index in [1.807, 2.05) is 0 Å². The fourth-order valence-electron chi connectivity index (χ4n) is 4.00. The summed E-state index contributed by atoms with van der Waals surface area (Å²) in [6.07, 6.45) is 5.03. The van der Waals surface area contributed by atoms with Crippen LogP contribution in [0.1, 0.15) is 45.4 Å². The minimum Gasteiger partial charge on any atom is -0.379 e. The maximum Gasteiger partial charge on any atom is 0.346 e. The molecule has 1 N–H and O–H groups in total. The van der Waals surface area contributed by atoms with E-state index in [0.717, 1.165) is 64.2 Å². The first-order valence-corrected chi connectivity index (χ1v) is 10.3. The van der Waals surface area contributed by atoms with E-state index in [0.29, 0.717) is 25.0 Å². The Kier molecular flexibility index (Phi) is 7.07. The fraction of sp³-hybridized carbons (Fsp3) is 0.842. The van der Waals surface area contributed by atoms with E-state index in [2.05, 4.69) is 29.2 Å². The lowest BCUT2D eigenvalue weighted by Crippen LogP contribution is -2.49. The molecule has 8 nitrogen and oxygen atoms in total. The van der Waals surface area contributed by atoms with Crippen LogP contribution in [0.15, 0.2) is 4.79 Å². The molecule has 0 bridgehead atoms. The molecule has 1 fully saturated rings. The standard InChI is InChI=1S/C19H33N5O3/c1-15(2)12-16(22-8-10-27-11-9-22)13-20-18(25)14-24-19(26)23-7-5-3-4-6-17(23)21-24/h15-16H,3-14H2,1-2H3,(H,20,25). The molecule has 2 aliphatic rings. The van der Waals surface area contributed by atoms with Crippen LogP contribution in [0.2, 0.25) is 0 Å². The van der Waals surface area contributed by atoms with Gasteiger partial charge in [0, 0.05) is 38.6 Å². The second kappa shape index (κ2) is 9.50. The van der Waals surface area contributed by atoms with Crippen molar-refractivity contribution in [2.75, 3.05) is 32.8 Å². The van der Waals surface area contributed by atoms with Crippen molar-refractivity contribution in [1.82, 2.24) is 24.6 Å². The molecule has 1 atom stereocenters. The third kappa shape index (κ3) is 5.42. The van der Waals surface area contributed by atoms with Crippen molar-refractivity contribution in [2.24, 2.45) is 5.92 Å². The van der Waals surface area contributed by atoms with E-state index in [1.54, 1.807) is 4.57 Å². The van der Waals surface area contributed by atoms with E-state index in [9.17, 15) is 9.59 Å². The molecule has 27 heavy (non-hydrogen) atoms. The minimum atomic E-state index is -0.158. The van der Waals surface area contributed by atoms with Gasteiger partial charge < -0.3 is 10.1 Å². The lowest BCUT2D eigenvalue weighted by atomic mass is 10.0. The number of aromatic nitrogens is 3. The van der Waals surface area contributed by atoms with Gasteiger partial charge in [0.1, 0.15) is 12.4 Å². The molecule has 1 unspecified atom stereocenters. The van der Waals surface area contributed by atoms with Crippen molar-refractivity contribution in [1.29, 1.82) is 0 Å². The summed E-state index contributed by atoms with van der Waals surface area (Å²) in [5.41, 5.74) is -0.158. The second-order valence-corrected chi connectivity index (χ2v) is 8.05. The first-order valence-electron chi connectivity index (χ1n) is 10.3. The average molecular weight is 380 g/mol. The number of nitrogens with zero attached hydrogens (tertiary/aromatic N) is 4. The molecule has 1 saturated heterocycles. The minimum absolute atomic E-state index is 0.00363. The summed E-state index contributed by atoms with van der Waals surface area (Å²) in [5.74, 6) is 1.23. The average Bonchev–Trinajstić information content (AvgIpc) is 2.82. The normalized spacial score (nSPS) is 19.5. The molecule has 0 aromatic carbocycles. The van der Waals surface area contributed by atoms with Crippen LogP contribution in [0, 0.1) is 5.92 Å². The Hall–Kier alpha value is -1.67. The van der Waals surface area contributed by atoms with Gasteiger partial charge in [-0.25, -0.2) is 9.48 Å². The lowest BCUT2D eigenvalue weighted by molar-refractivity contribution is -0.122. The molecule has 0 spiro atoms. The Morgan fingerprint density at radius 1 is 1.19 bits per heavy atom. The Bertz CT molecular complexity index is 675. The molecule has 1 amide bonds. The predicted octanol–water partition coefficient (Wildman–Crippen LogP) is 0.634. The largest absolute Gasteiger partial charge is 0.379 e. The Morgan fingerprint density at radius 2 is 1.96 bits per heavy atom. The molecule has 8 heteroatoms. The van der Waals surface area contributed by atoms with Gasteiger partial charge in [0.25, 0.3) is 0 Å². The monoisotopic (exact) mass is 379 g/mol. The molecule has 0 aliphatic carbocycles. The predicted molar refractivity (Wildman–Crippen MR) is 103 cm³/mol.